The van der Waals surface area contributed by atoms with Crippen molar-refractivity contribution >= 4 is 6.09 Å². The average molecular weight is 852 g/mol. The van der Waals surface area contributed by atoms with Gasteiger partial charge >= 0.3 is 6.09 Å². The normalized spacial score (nSPS) is 12.2. The summed E-state index contributed by atoms with van der Waals surface area (Å²) in [5, 5.41) is 22.3. The van der Waals surface area contributed by atoms with Crippen molar-refractivity contribution in [1.82, 2.24) is 10.6 Å². The highest BCUT2D eigenvalue weighted by molar-refractivity contribution is 5.67. The van der Waals surface area contributed by atoms with Crippen LogP contribution in [0.3, 0.4) is 0 Å². The van der Waals surface area contributed by atoms with E-state index in [0.29, 0.717) is 19.8 Å². The number of nitrogens with one attached hydrogen (secondary N) is 2. The van der Waals surface area contributed by atoms with Gasteiger partial charge in [0, 0.05) is 29.0 Å². The Morgan fingerprint density at radius 3 is 1.43 bits per heavy atom. The van der Waals surface area contributed by atoms with Crippen molar-refractivity contribution < 1.29 is 37.1 Å². The molecule has 0 bridgehead atoms. The molecule has 2 atom stereocenters. The van der Waals surface area contributed by atoms with Gasteiger partial charge < -0.3 is 30.0 Å². The van der Waals surface area contributed by atoms with Crippen LogP contribution < -0.4 is 10.6 Å². The Bertz CT molecular complexity index is 518. The number of carbonyl (C=O) groups excluding carboxylic acids is 1. The molecular formula is C49H122N2O7. The van der Waals surface area contributed by atoms with Crippen molar-refractivity contribution in [2.45, 2.75) is 248 Å². The summed E-state index contributed by atoms with van der Waals surface area (Å²) in [5.41, 5.74) is 0. The first-order valence-electron chi connectivity index (χ1n) is 24.2. The zero-order chi connectivity index (χ0) is 47.9. The van der Waals surface area contributed by atoms with Gasteiger partial charge in [-0.15, -0.1) is 0 Å². The lowest BCUT2D eigenvalue weighted by molar-refractivity contribution is -0.254. The van der Waals surface area contributed by atoms with Crippen LogP contribution in [0.2, 0.25) is 0 Å². The van der Waals surface area contributed by atoms with Crippen LogP contribution in [0.15, 0.2) is 12.2 Å². The molecule has 58 heavy (non-hydrogen) atoms. The second kappa shape index (κ2) is 117. The maximum atomic E-state index is 11.7. The molecule has 1 rings (SSSR count). The summed E-state index contributed by atoms with van der Waals surface area (Å²) in [6, 6.07) is 0. The largest absolute Gasteiger partial charge is 0.446 e. The number of rotatable bonds is 14. The van der Waals surface area contributed by atoms with E-state index in [9.17, 15) is 4.79 Å². The number of ether oxygens (including phenoxy) is 3. The summed E-state index contributed by atoms with van der Waals surface area (Å²) < 4.78 is 15.1. The van der Waals surface area contributed by atoms with E-state index < -0.39 is 0 Å². The second-order valence-corrected chi connectivity index (χ2v) is 12.8. The highest BCUT2D eigenvalue weighted by Gasteiger charge is 2.14. The molecule has 1 unspecified atom stereocenters. The van der Waals surface area contributed by atoms with Crippen LogP contribution in [0, 0.1) is 5.92 Å². The molecule has 0 fully saturated rings. The van der Waals surface area contributed by atoms with Crippen LogP contribution in [0.1, 0.15) is 245 Å². The summed E-state index contributed by atoms with van der Waals surface area (Å²) in [7, 11) is 1.69. The van der Waals surface area contributed by atoms with E-state index in [1.54, 1.807) is 7.11 Å². The third-order valence-electron chi connectivity index (χ3n) is 4.61. The van der Waals surface area contributed by atoms with Crippen molar-refractivity contribution in [3.8, 4) is 0 Å². The molecule has 9 heteroatoms. The molecule has 1 amide bonds. The number of alkyl carbamates (subject to hydrolysis) is 1. The van der Waals surface area contributed by atoms with Crippen LogP contribution in [0.4, 0.5) is 4.79 Å². The van der Waals surface area contributed by atoms with Crippen LogP contribution in [-0.4, -0.2) is 75.9 Å². The SMILES string of the molecule is CC.CC.CCC.CCC.CCC.CCC.CCC.CCC.CCC.CCC.CC[C@@H](COO)COCO.COCCNCCCNC(=O)OC1CC/C=C/CCC1.[HH].[HH]. The molecule has 0 saturated heterocycles. The molecule has 4 N–H and O–H groups in total. The quantitative estimate of drug-likeness (QED) is 0.0449. The van der Waals surface area contributed by atoms with Gasteiger partial charge in [-0.2, -0.15) is 0 Å². The molecule has 1 aliphatic carbocycles. The number of hydrogen-bond acceptors (Lipinski definition) is 8. The fourth-order valence-electron chi connectivity index (χ4n) is 2.75. The summed E-state index contributed by atoms with van der Waals surface area (Å²) >= 11 is 0. The standard InChI is InChI=1S/C15H28N2O3.C6H14O4.8C3H8.2C2H6.2H2/c1-19-13-12-16-10-7-11-17-15(18)20-14-8-5-3-2-4-6-9-14;1-2-6(4-10-8)3-9-5-7;8*1-3-2;2*1-2;;/h2-3,14,16H,4-13H2,1H3,(H,17,18);6-8H,2-5H2,1H3;8*3H2,1-2H3;2*1-2H3;2*1H/b3-2+;;;;;;;;;;;;;/t;6-;;;;;;;;;;;;/m.1............/s1. The van der Waals surface area contributed by atoms with Gasteiger partial charge in [0.05, 0.1) is 19.8 Å². The third kappa shape index (κ3) is 167. The zero-order valence-corrected chi connectivity index (χ0v) is 44.3. The molecule has 0 aromatic carbocycles. The van der Waals surface area contributed by atoms with Gasteiger partial charge in [-0.3, -0.25) is 5.26 Å². The predicted octanol–water partition coefficient (Wildman–Crippen LogP) is 16.6. The van der Waals surface area contributed by atoms with E-state index >= 15 is 0 Å². The summed E-state index contributed by atoms with van der Waals surface area (Å²) in [4.78, 5) is 15.6. The molecule has 0 saturated carbocycles. The minimum absolute atomic E-state index is 0. The molecule has 0 aromatic rings. The topological polar surface area (TPSA) is 119 Å². The van der Waals surface area contributed by atoms with E-state index in [-0.39, 0.29) is 34.4 Å². The van der Waals surface area contributed by atoms with Gasteiger partial charge in [0.2, 0.25) is 0 Å². The summed E-state index contributed by atoms with van der Waals surface area (Å²) in [6.07, 6.45) is 21.0. The summed E-state index contributed by atoms with van der Waals surface area (Å²) in [5.74, 6) is 0.164. The molecule has 370 valence electrons. The van der Waals surface area contributed by atoms with Crippen molar-refractivity contribution in [2.24, 2.45) is 5.92 Å². The van der Waals surface area contributed by atoms with Crippen LogP contribution in [0.5, 0.6) is 0 Å². The second-order valence-electron chi connectivity index (χ2n) is 12.8. The first kappa shape index (κ1) is 84.3. The first-order valence-corrected chi connectivity index (χ1v) is 24.2. The first-order chi connectivity index (χ1) is 28.0. The van der Waals surface area contributed by atoms with Gasteiger partial charge in [0.15, 0.2) is 0 Å². The fraction of sp³-hybridized carbons (Fsp3) is 0.939. The molecule has 0 aliphatic heterocycles. The van der Waals surface area contributed by atoms with Crippen LogP contribution >= 0.6 is 0 Å². The molecular weight excluding hydrogens is 729 g/mol. The van der Waals surface area contributed by atoms with E-state index in [4.69, 9.17) is 24.6 Å². The number of amides is 1. The highest BCUT2D eigenvalue weighted by Crippen LogP contribution is 2.15. The predicted molar refractivity (Wildman–Crippen MR) is 270 cm³/mol. The van der Waals surface area contributed by atoms with E-state index in [2.05, 4.69) is 138 Å². The number of methoxy groups -OCH3 is 1. The lowest BCUT2D eigenvalue weighted by atomic mass is 10.0. The number of carbonyl (C=O) groups is 1. The fourth-order valence-corrected chi connectivity index (χ4v) is 2.75. The van der Waals surface area contributed by atoms with Gasteiger partial charge in [0.1, 0.15) is 12.9 Å². The molecule has 1 aliphatic rings. The van der Waals surface area contributed by atoms with Gasteiger partial charge in [-0.05, 0) is 51.5 Å². The monoisotopic (exact) mass is 851 g/mol. The average Bonchev–Trinajstić information content (AvgIpc) is 3.18. The minimum Gasteiger partial charge on any atom is -0.446 e. The number of aliphatic hydroxyl groups excluding tert-OH is 1. The van der Waals surface area contributed by atoms with Gasteiger partial charge in [-0.1, -0.05) is 209 Å². The number of hydrogen-bond donors (Lipinski definition) is 4. The Kier molecular flexibility index (Phi) is 170. The molecule has 9 nitrogen and oxygen atoms in total. The molecule has 0 aromatic heterocycles. The maximum absolute atomic E-state index is 11.7. The Morgan fingerprint density at radius 2 is 1.07 bits per heavy atom. The summed E-state index contributed by atoms with van der Waals surface area (Å²) in [6.45, 7) is 47.4. The molecule has 0 spiro atoms. The third-order valence-corrected chi connectivity index (χ3v) is 4.61. The molecule has 0 radical (unpaired) electrons. The van der Waals surface area contributed by atoms with Crippen LogP contribution in [0.25, 0.3) is 0 Å². The Hall–Kier alpha value is -1.23. The maximum Gasteiger partial charge on any atom is 0.407 e. The van der Waals surface area contributed by atoms with Crippen molar-refractivity contribution in [3.05, 3.63) is 12.2 Å². The van der Waals surface area contributed by atoms with Crippen molar-refractivity contribution in [3.63, 3.8) is 0 Å². The molecule has 0 heterocycles. The van der Waals surface area contributed by atoms with Crippen molar-refractivity contribution in [2.75, 3.05) is 53.4 Å². The highest BCUT2D eigenvalue weighted by atomic mass is 17.1. The van der Waals surface area contributed by atoms with Gasteiger partial charge in [0.25, 0.3) is 0 Å². The van der Waals surface area contributed by atoms with Crippen LogP contribution in [-0.2, 0) is 19.1 Å². The number of allylic oxidation sites excluding steroid dienone is 2. The minimum atomic E-state index is -0.281. The van der Waals surface area contributed by atoms with Gasteiger partial charge in [-0.25, -0.2) is 9.68 Å². The number of aliphatic hydroxyl groups is 1. The smallest absolute Gasteiger partial charge is 0.407 e. The Labute approximate surface area is 372 Å². The van der Waals surface area contributed by atoms with Crippen molar-refractivity contribution in [1.29, 1.82) is 0 Å². The van der Waals surface area contributed by atoms with E-state index in [0.717, 1.165) is 58.0 Å². The lowest BCUT2D eigenvalue weighted by Gasteiger charge is -2.18. The lowest BCUT2D eigenvalue weighted by Crippen LogP contribution is -2.31. The Morgan fingerprint density at radius 1 is 0.655 bits per heavy atom. The zero-order valence-electron chi connectivity index (χ0n) is 44.3. The Balaban J connectivity index is -0.0000000425. The van der Waals surface area contributed by atoms with E-state index in [1.165, 1.54) is 51.4 Å². The van der Waals surface area contributed by atoms with E-state index in [1.807, 2.05) is 34.6 Å².